The zero-order valence-corrected chi connectivity index (χ0v) is 12.4. The molecule has 0 aliphatic heterocycles. The maximum atomic E-state index is 11.9. The number of hydrogen-bond donors (Lipinski definition) is 2. The molecule has 0 aliphatic carbocycles. The van der Waals surface area contributed by atoms with Gasteiger partial charge in [0.25, 0.3) is 0 Å². The quantitative estimate of drug-likeness (QED) is 0.296. The lowest BCUT2D eigenvalue weighted by Crippen LogP contribution is -2.17. The van der Waals surface area contributed by atoms with E-state index in [-0.39, 0.29) is 5.84 Å². The van der Waals surface area contributed by atoms with E-state index in [1.807, 2.05) is 6.92 Å². The summed E-state index contributed by atoms with van der Waals surface area (Å²) in [6.45, 7) is 1.82. The molecule has 0 radical (unpaired) electrons. The molecule has 6 heteroatoms. The summed E-state index contributed by atoms with van der Waals surface area (Å²) in [6.07, 6.45) is 0. The van der Waals surface area contributed by atoms with Crippen molar-refractivity contribution in [2.45, 2.75) is 6.92 Å². The molecule has 6 nitrogen and oxygen atoms in total. The van der Waals surface area contributed by atoms with Crippen molar-refractivity contribution in [2.24, 2.45) is 10.9 Å². The Morgan fingerprint density at radius 3 is 2.64 bits per heavy atom. The third-order valence-corrected chi connectivity index (χ3v) is 3.18. The summed E-state index contributed by atoms with van der Waals surface area (Å²) >= 11 is 0. The second-order valence-corrected chi connectivity index (χ2v) is 4.61. The molecule has 0 saturated carbocycles. The van der Waals surface area contributed by atoms with Gasteiger partial charge in [-0.25, -0.2) is 4.79 Å². The van der Waals surface area contributed by atoms with E-state index in [4.69, 9.17) is 21.0 Å². The molecule has 2 aromatic rings. The lowest BCUT2D eigenvalue weighted by atomic mass is 10.1. The predicted molar refractivity (Wildman–Crippen MR) is 84.7 cm³/mol. The van der Waals surface area contributed by atoms with E-state index in [1.165, 1.54) is 7.11 Å². The number of carbonyl (C=O) groups excluding carboxylic acids is 1. The van der Waals surface area contributed by atoms with Gasteiger partial charge >= 0.3 is 5.97 Å². The molecule has 0 bridgehead atoms. The van der Waals surface area contributed by atoms with E-state index in [9.17, 15) is 4.79 Å². The van der Waals surface area contributed by atoms with Gasteiger partial charge in [-0.05, 0) is 36.8 Å². The van der Waals surface area contributed by atoms with Crippen LogP contribution in [0.15, 0.2) is 47.6 Å². The van der Waals surface area contributed by atoms with Gasteiger partial charge in [0.15, 0.2) is 5.84 Å². The SMILES string of the molecule is COc1cccc(C(=O)O/N=C(\N)c2cccc(N)c2C)c1. The molecule has 0 saturated heterocycles. The largest absolute Gasteiger partial charge is 0.497 e. The van der Waals surface area contributed by atoms with Crippen LogP contribution in [0.25, 0.3) is 0 Å². The van der Waals surface area contributed by atoms with Crippen LogP contribution in [0.1, 0.15) is 21.5 Å². The van der Waals surface area contributed by atoms with E-state index >= 15 is 0 Å². The number of nitrogen functional groups attached to an aromatic ring is 1. The Labute approximate surface area is 128 Å². The van der Waals surface area contributed by atoms with Gasteiger partial charge in [0.2, 0.25) is 0 Å². The lowest BCUT2D eigenvalue weighted by molar-refractivity contribution is 0.0515. The second kappa shape index (κ2) is 6.62. The van der Waals surface area contributed by atoms with Crippen molar-refractivity contribution < 1.29 is 14.4 Å². The molecule has 0 aliphatic rings. The average Bonchev–Trinajstić information content (AvgIpc) is 2.54. The molecule has 0 spiro atoms. The van der Waals surface area contributed by atoms with Gasteiger partial charge in [-0.1, -0.05) is 23.4 Å². The van der Waals surface area contributed by atoms with Gasteiger partial charge in [0.05, 0.1) is 12.7 Å². The molecule has 4 N–H and O–H groups in total. The number of oxime groups is 1. The number of hydrogen-bond acceptors (Lipinski definition) is 5. The van der Waals surface area contributed by atoms with Crippen molar-refractivity contribution in [1.82, 2.24) is 0 Å². The van der Waals surface area contributed by atoms with Crippen molar-refractivity contribution in [3.8, 4) is 5.75 Å². The summed E-state index contributed by atoms with van der Waals surface area (Å²) in [5.41, 5.74) is 14.0. The Morgan fingerprint density at radius 2 is 1.91 bits per heavy atom. The molecule has 0 amide bonds. The van der Waals surface area contributed by atoms with Gasteiger partial charge in [-0.15, -0.1) is 0 Å². The number of benzene rings is 2. The minimum absolute atomic E-state index is 0.0843. The van der Waals surface area contributed by atoms with Crippen LogP contribution in [0.4, 0.5) is 5.69 Å². The topological polar surface area (TPSA) is 99.9 Å². The minimum atomic E-state index is -0.622. The van der Waals surface area contributed by atoms with Gasteiger partial charge in [-0.3, -0.25) is 0 Å². The molecular formula is C16H17N3O3. The van der Waals surface area contributed by atoms with Crippen LogP contribution in [0.3, 0.4) is 0 Å². The Balaban J connectivity index is 2.16. The third kappa shape index (κ3) is 3.35. The van der Waals surface area contributed by atoms with Crippen LogP contribution >= 0.6 is 0 Å². The standard InChI is InChI=1S/C16H17N3O3/c1-10-13(7-4-8-14(10)17)15(18)19-22-16(20)11-5-3-6-12(9-11)21-2/h3-9H,17H2,1-2H3,(H2,18,19). The van der Waals surface area contributed by atoms with Crippen LogP contribution in [-0.4, -0.2) is 18.9 Å². The number of nitrogens with two attached hydrogens (primary N) is 2. The first-order valence-electron chi connectivity index (χ1n) is 6.57. The zero-order chi connectivity index (χ0) is 16.1. The number of anilines is 1. The highest BCUT2D eigenvalue weighted by atomic mass is 16.7. The molecular weight excluding hydrogens is 282 g/mol. The van der Waals surface area contributed by atoms with Crippen LogP contribution in [-0.2, 0) is 4.84 Å². The summed E-state index contributed by atoms with van der Waals surface area (Å²) in [4.78, 5) is 16.8. The normalized spacial score (nSPS) is 11.1. The fourth-order valence-electron chi connectivity index (χ4n) is 1.87. The smallest absolute Gasteiger partial charge is 0.365 e. The Morgan fingerprint density at radius 1 is 1.18 bits per heavy atom. The second-order valence-electron chi connectivity index (χ2n) is 4.61. The summed E-state index contributed by atoms with van der Waals surface area (Å²) in [7, 11) is 1.52. The maximum absolute atomic E-state index is 11.9. The number of carbonyl (C=O) groups is 1. The van der Waals surface area contributed by atoms with Crippen LogP contribution < -0.4 is 16.2 Å². The molecule has 0 unspecified atom stereocenters. The highest BCUT2D eigenvalue weighted by Gasteiger charge is 2.10. The van der Waals surface area contributed by atoms with Crippen molar-refractivity contribution in [3.05, 3.63) is 59.2 Å². The van der Waals surface area contributed by atoms with Gasteiger partial charge in [0.1, 0.15) is 5.75 Å². The first kappa shape index (κ1) is 15.4. The van der Waals surface area contributed by atoms with Crippen molar-refractivity contribution >= 4 is 17.5 Å². The number of rotatable bonds is 4. The number of nitrogens with zero attached hydrogens (tertiary/aromatic N) is 1. The van der Waals surface area contributed by atoms with Crippen molar-refractivity contribution in [3.63, 3.8) is 0 Å². The van der Waals surface area contributed by atoms with Crippen LogP contribution in [0.5, 0.6) is 5.75 Å². The summed E-state index contributed by atoms with van der Waals surface area (Å²) in [6, 6.07) is 11.8. The summed E-state index contributed by atoms with van der Waals surface area (Å²) < 4.78 is 5.05. The fourth-order valence-corrected chi connectivity index (χ4v) is 1.87. The van der Waals surface area contributed by atoms with Gasteiger partial charge in [-0.2, -0.15) is 0 Å². The monoisotopic (exact) mass is 299 g/mol. The van der Waals surface area contributed by atoms with E-state index < -0.39 is 5.97 Å². The zero-order valence-electron chi connectivity index (χ0n) is 12.4. The maximum Gasteiger partial charge on any atom is 0.365 e. The lowest BCUT2D eigenvalue weighted by Gasteiger charge is -2.07. The molecule has 0 fully saturated rings. The Bertz CT molecular complexity index is 726. The predicted octanol–water partition coefficient (Wildman–Crippen LogP) is 2.06. The molecule has 0 aromatic heterocycles. The number of ether oxygens (including phenoxy) is 1. The number of amidine groups is 1. The minimum Gasteiger partial charge on any atom is -0.497 e. The van der Waals surface area contributed by atoms with Crippen molar-refractivity contribution in [1.29, 1.82) is 0 Å². The Hall–Kier alpha value is -3.02. The van der Waals surface area contributed by atoms with E-state index in [1.54, 1.807) is 42.5 Å². The molecule has 114 valence electrons. The fraction of sp³-hybridized carbons (Fsp3) is 0.125. The van der Waals surface area contributed by atoms with E-state index in [0.29, 0.717) is 22.6 Å². The van der Waals surface area contributed by atoms with Crippen LogP contribution in [0.2, 0.25) is 0 Å². The molecule has 0 heterocycles. The number of methoxy groups -OCH3 is 1. The molecule has 0 atom stereocenters. The van der Waals surface area contributed by atoms with E-state index in [2.05, 4.69) is 5.16 Å². The first-order chi connectivity index (χ1) is 10.5. The third-order valence-electron chi connectivity index (χ3n) is 3.18. The highest BCUT2D eigenvalue weighted by Crippen LogP contribution is 2.16. The first-order valence-corrected chi connectivity index (χ1v) is 6.57. The molecule has 2 aromatic carbocycles. The Kier molecular flexibility index (Phi) is 4.63. The van der Waals surface area contributed by atoms with Gasteiger partial charge in [0, 0.05) is 11.3 Å². The average molecular weight is 299 g/mol. The highest BCUT2D eigenvalue weighted by molar-refractivity contribution is 6.00. The summed E-state index contributed by atoms with van der Waals surface area (Å²) in [5.74, 6) is 0.0162. The van der Waals surface area contributed by atoms with Gasteiger partial charge < -0.3 is 21.0 Å². The molecule has 22 heavy (non-hydrogen) atoms. The van der Waals surface area contributed by atoms with Crippen LogP contribution in [0, 0.1) is 6.92 Å². The molecule has 2 rings (SSSR count). The van der Waals surface area contributed by atoms with Crippen molar-refractivity contribution in [2.75, 3.05) is 12.8 Å². The van der Waals surface area contributed by atoms with E-state index in [0.717, 1.165) is 5.56 Å². The summed E-state index contributed by atoms with van der Waals surface area (Å²) in [5, 5.41) is 3.68.